The quantitative estimate of drug-likeness (QED) is 0.902. The molecule has 2 aliphatic rings. The molecule has 1 N–H and O–H groups in total. The topological polar surface area (TPSA) is 77.2 Å². The van der Waals surface area contributed by atoms with Gasteiger partial charge in [0.25, 0.3) is 0 Å². The van der Waals surface area contributed by atoms with E-state index < -0.39 is 5.97 Å². The number of fused-ring (bicyclic) bond motifs is 1. The SMILES string of the molecule is O=C(O)C1CCc2nnc(CCC3CCCCO3)n2C1. The second-order valence-electron chi connectivity index (χ2n) is 5.74. The van der Waals surface area contributed by atoms with Gasteiger partial charge in [0.15, 0.2) is 0 Å². The van der Waals surface area contributed by atoms with Crippen molar-refractivity contribution in [1.29, 1.82) is 0 Å². The lowest BCUT2D eigenvalue weighted by Gasteiger charge is -2.23. The van der Waals surface area contributed by atoms with E-state index in [0.717, 1.165) is 43.9 Å². The first-order valence-corrected chi connectivity index (χ1v) is 7.49. The number of aryl methyl sites for hydroxylation is 2. The Balaban J connectivity index is 1.63. The van der Waals surface area contributed by atoms with Crippen LogP contribution < -0.4 is 0 Å². The third kappa shape index (κ3) is 2.85. The molecule has 6 heteroatoms. The van der Waals surface area contributed by atoms with Gasteiger partial charge in [-0.1, -0.05) is 0 Å². The summed E-state index contributed by atoms with van der Waals surface area (Å²) in [4.78, 5) is 11.1. The number of aliphatic carboxylic acids is 1. The van der Waals surface area contributed by atoms with Crippen LogP contribution in [0.2, 0.25) is 0 Å². The number of ether oxygens (including phenoxy) is 1. The molecule has 6 nitrogen and oxygen atoms in total. The molecule has 2 aliphatic heterocycles. The van der Waals surface area contributed by atoms with Gasteiger partial charge in [-0.15, -0.1) is 10.2 Å². The van der Waals surface area contributed by atoms with Crippen LogP contribution in [0.3, 0.4) is 0 Å². The van der Waals surface area contributed by atoms with Crippen LogP contribution in [0.1, 0.15) is 43.8 Å². The number of hydrogen-bond acceptors (Lipinski definition) is 4. The van der Waals surface area contributed by atoms with E-state index in [1.807, 2.05) is 4.57 Å². The number of carboxylic acids is 1. The average Bonchev–Trinajstić information content (AvgIpc) is 2.88. The first kappa shape index (κ1) is 13.5. The normalized spacial score (nSPS) is 26.2. The second kappa shape index (κ2) is 5.91. The van der Waals surface area contributed by atoms with Crippen LogP contribution in [0.4, 0.5) is 0 Å². The van der Waals surface area contributed by atoms with Gasteiger partial charge in [0.1, 0.15) is 11.6 Å². The second-order valence-corrected chi connectivity index (χ2v) is 5.74. The summed E-state index contributed by atoms with van der Waals surface area (Å²) in [6, 6.07) is 0. The Kier molecular flexibility index (Phi) is 4.00. The van der Waals surface area contributed by atoms with Gasteiger partial charge in [-0.25, -0.2) is 0 Å². The van der Waals surface area contributed by atoms with Gasteiger partial charge >= 0.3 is 5.97 Å². The molecule has 110 valence electrons. The van der Waals surface area contributed by atoms with Gasteiger partial charge in [-0.2, -0.15) is 0 Å². The number of carboxylic acid groups (broad SMARTS) is 1. The lowest BCUT2D eigenvalue weighted by Crippen LogP contribution is -2.28. The van der Waals surface area contributed by atoms with E-state index in [4.69, 9.17) is 9.84 Å². The molecule has 0 amide bonds. The average molecular weight is 279 g/mol. The summed E-state index contributed by atoms with van der Waals surface area (Å²) < 4.78 is 7.73. The van der Waals surface area contributed by atoms with Crippen molar-refractivity contribution in [2.24, 2.45) is 5.92 Å². The van der Waals surface area contributed by atoms with Crippen molar-refractivity contribution in [3.8, 4) is 0 Å². The lowest BCUT2D eigenvalue weighted by molar-refractivity contribution is -0.142. The minimum absolute atomic E-state index is 0.303. The maximum Gasteiger partial charge on any atom is 0.308 e. The van der Waals surface area contributed by atoms with Gasteiger partial charge in [-0.3, -0.25) is 4.79 Å². The van der Waals surface area contributed by atoms with Crippen LogP contribution in [0.15, 0.2) is 0 Å². The summed E-state index contributed by atoms with van der Waals surface area (Å²) in [6.45, 7) is 1.38. The highest BCUT2D eigenvalue weighted by Gasteiger charge is 2.27. The summed E-state index contributed by atoms with van der Waals surface area (Å²) in [5.41, 5.74) is 0. The minimum atomic E-state index is -0.717. The van der Waals surface area contributed by atoms with Crippen LogP contribution in [0, 0.1) is 5.92 Å². The Morgan fingerprint density at radius 3 is 3.00 bits per heavy atom. The van der Waals surface area contributed by atoms with Crippen molar-refractivity contribution in [2.75, 3.05) is 6.61 Å². The summed E-state index contributed by atoms with van der Waals surface area (Å²) in [7, 11) is 0. The van der Waals surface area contributed by atoms with Crippen molar-refractivity contribution in [1.82, 2.24) is 14.8 Å². The number of carbonyl (C=O) groups is 1. The van der Waals surface area contributed by atoms with Crippen molar-refractivity contribution in [2.45, 2.75) is 57.6 Å². The Morgan fingerprint density at radius 2 is 2.25 bits per heavy atom. The van der Waals surface area contributed by atoms with E-state index in [9.17, 15) is 4.79 Å². The van der Waals surface area contributed by atoms with Crippen molar-refractivity contribution in [3.63, 3.8) is 0 Å². The number of hydrogen-bond donors (Lipinski definition) is 1. The fraction of sp³-hybridized carbons (Fsp3) is 0.786. The number of rotatable bonds is 4. The summed E-state index contributed by atoms with van der Waals surface area (Å²) in [6.07, 6.45) is 7.01. The molecular weight excluding hydrogens is 258 g/mol. The van der Waals surface area contributed by atoms with E-state index in [0.29, 0.717) is 25.5 Å². The highest BCUT2D eigenvalue weighted by molar-refractivity contribution is 5.70. The molecule has 0 bridgehead atoms. The molecule has 1 aromatic rings. The summed E-state index contributed by atoms with van der Waals surface area (Å²) in [5, 5.41) is 17.6. The zero-order chi connectivity index (χ0) is 13.9. The fourth-order valence-corrected chi connectivity index (χ4v) is 3.09. The maximum atomic E-state index is 11.1. The predicted molar refractivity (Wildman–Crippen MR) is 71.4 cm³/mol. The highest BCUT2D eigenvalue weighted by Crippen LogP contribution is 2.22. The predicted octanol–water partition coefficient (Wildman–Crippen LogP) is 1.43. The Bertz CT molecular complexity index is 480. The first-order valence-electron chi connectivity index (χ1n) is 7.49. The molecule has 0 aromatic carbocycles. The Labute approximate surface area is 118 Å². The van der Waals surface area contributed by atoms with Gasteiger partial charge in [0, 0.05) is 26.0 Å². The molecule has 0 saturated carbocycles. The minimum Gasteiger partial charge on any atom is -0.481 e. The Morgan fingerprint density at radius 1 is 1.35 bits per heavy atom. The molecule has 3 heterocycles. The van der Waals surface area contributed by atoms with Gasteiger partial charge in [0.2, 0.25) is 0 Å². The molecule has 0 radical (unpaired) electrons. The molecule has 3 rings (SSSR count). The lowest BCUT2D eigenvalue weighted by atomic mass is 9.99. The molecule has 2 unspecified atom stereocenters. The zero-order valence-corrected chi connectivity index (χ0v) is 11.6. The van der Waals surface area contributed by atoms with E-state index >= 15 is 0 Å². The fourth-order valence-electron chi connectivity index (χ4n) is 3.09. The monoisotopic (exact) mass is 279 g/mol. The van der Waals surface area contributed by atoms with Crippen LogP contribution in [0.5, 0.6) is 0 Å². The molecule has 1 fully saturated rings. The molecule has 20 heavy (non-hydrogen) atoms. The van der Waals surface area contributed by atoms with E-state index in [1.165, 1.54) is 6.42 Å². The molecular formula is C14H21N3O3. The van der Waals surface area contributed by atoms with E-state index in [1.54, 1.807) is 0 Å². The zero-order valence-electron chi connectivity index (χ0n) is 11.6. The van der Waals surface area contributed by atoms with Crippen molar-refractivity contribution < 1.29 is 14.6 Å². The van der Waals surface area contributed by atoms with Gasteiger partial charge in [0.05, 0.1) is 12.0 Å². The van der Waals surface area contributed by atoms with Gasteiger partial charge < -0.3 is 14.4 Å². The Hall–Kier alpha value is -1.43. The highest BCUT2D eigenvalue weighted by atomic mass is 16.5. The van der Waals surface area contributed by atoms with Gasteiger partial charge in [-0.05, 0) is 32.1 Å². The molecule has 1 saturated heterocycles. The summed E-state index contributed by atoms with van der Waals surface area (Å²) >= 11 is 0. The largest absolute Gasteiger partial charge is 0.481 e. The first-order chi connectivity index (χ1) is 9.74. The molecule has 0 aliphatic carbocycles. The third-order valence-electron chi connectivity index (χ3n) is 4.34. The van der Waals surface area contributed by atoms with E-state index in [-0.39, 0.29) is 5.92 Å². The van der Waals surface area contributed by atoms with Crippen LogP contribution >= 0.6 is 0 Å². The van der Waals surface area contributed by atoms with Crippen molar-refractivity contribution in [3.05, 3.63) is 11.6 Å². The van der Waals surface area contributed by atoms with Crippen molar-refractivity contribution >= 4 is 5.97 Å². The molecule has 2 atom stereocenters. The number of nitrogens with zero attached hydrogens (tertiary/aromatic N) is 3. The molecule has 1 aromatic heterocycles. The van der Waals surface area contributed by atoms with E-state index in [2.05, 4.69) is 10.2 Å². The summed E-state index contributed by atoms with van der Waals surface area (Å²) in [5.74, 6) is 0.830. The van der Waals surface area contributed by atoms with Crippen LogP contribution in [-0.4, -0.2) is 38.6 Å². The maximum absolute atomic E-state index is 11.1. The van der Waals surface area contributed by atoms with Crippen LogP contribution in [-0.2, 0) is 28.9 Å². The van der Waals surface area contributed by atoms with Crippen LogP contribution in [0.25, 0.3) is 0 Å². The smallest absolute Gasteiger partial charge is 0.308 e. The molecule has 0 spiro atoms. The third-order valence-corrected chi connectivity index (χ3v) is 4.34. The number of aromatic nitrogens is 3. The standard InChI is InChI=1S/C14H21N3O3/c18-14(19)10-4-6-12-15-16-13(17(12)9-10)7-5-11-3-1-2-8-20-11/h10-11H,1-9H2,(H,18,19).